The molecule has 0 heterocycles. The molecule has 0 unspecified atom stereocenters. The van der Waals surface area contributed by atoms with E-state index in [4.69, 9.17) is 5.73 Å². The van der Waals surface area contributed by atoms with E-state index in [9.17, 15) is 16.8 Å². The van der Waals surface area contributed by atoms with Crippen molar-refractivity contribution >= 4 is 19.9 Å². The van der Waals surface area contributed by atoms with Crippen LogP contribution < -0.4 is 10.5 Å². The average Bonchev–Trinajstić information content (AvgIpc) is 2.10. The molecule has 8 heteroatoms. The summed E-state index contributed by atoms with van der Waals surface area (Å²) >= 11 is 0. The van der Waals surface area contributed by atoms with Crippen LogP contribution in [0.3, 0.4) is 0 Å². The van der Waals surface area contributed by atoms with Gasteiger partial charge in [0, 0.05) is 12.8 Å². The van der Waals surface area contributed by atoms with E-state index in [0.29, 0.717) is 6.42 Å². The number of sulfone groups is 1. The molecule has 0 aliphatic rings. The minimum absolute atomic E-state index is 0.0800. The fourth-order valence-corrected chi connectivity index (χ4v) is 2.46. The Labute approximate surface area is 97.6 Å². The van der Waals surface area contributed by atoms with Crippen LogP contribution in [0.2, 0.25) is 0 Å². The maximum Gasteiger partial charge on any atom is 0.211 e. The number of rotatable bonds is 7. The summed E-state index contributed by atoms with van der Waals surface area (Å²) in [6.07, 6.45) is 1.44. The van der Waals surface area contributed by atoms with E-state index in [2.05, 4.69) is 4.72 Å². The second-order valence-corrected chi connectivity index (χ2v) is 8.89. The zero-order valence-electron chi connectivity index (χ0n) is 9.86. The maximum atomic E-state index is 11.4. The first kappa shape index (κ1) is 15.8. The molecule has 0 aliphatic heterocycles. The van der Waals surface area contributed by atoms with Gasteiger partial charge in [-0.3, -0.25) is 0 Å². The summed E-state index contributed by atoms with van der Waals surface area (Å²) in [5.74, 6) is -0.0800. The standard InChI is InChI=1S/C8H20N2O4S2/c1-8(2,15(3,11)12)7-10-16(13,14)6-4-5-9/h10H,4-7,9H2,1-3H3. The molecule has 0 rings (SSSR count). The van der Waals surface area contributed by atoms with Gasteiger partial charge in [0.15, 0.2) is 9.84 Å². The molecule has 0 aliphatic carbocycles. The summed E-state index contributed by atoms with van der Waals surface area (Å²) < 4.78 is 46.6. The first-order valence-electron chi connectivity index (χ1n) is 4.89. The molecule has 98 valence electrons. The molecule has 6 nitrogen and oxygen atoms in total. The van der Waals surface area contributed by atoms with Crippen molar-refractivity contribution in [2.75, 3.05) is 25.1 Å². The van der Waals surface area contributed by atoms with Gasteiger partial charge in [0.05, 0.1) is 10.5 Å². The number of sulfonamides is 1. The largest absolute Gasteiger partial charge is 0.330 e. The second-order valence-electron chi connectivity index (χ2n) is 4.31. The van der Waals surface area contributed by atoms with Crippen molar-refractivity contribution in [1.82, 2.24) is 4.72 Å². The monoisotopic (exact) mass is 272 g/mol. The zero-order chi connectivity index (χ0) is 13.0. The van der Waals surface area contributed by atoms with Gasteiger partial charge in [-0.1, -0.05) is 0 Å². The van der Waals surface area contributed by atoms with Crippen LogP contribution in [-0.4, -0.2) is 46.7 Å². The summed E-state index contributed by atoms with van der Waals surface area (Å²) in [5, 5.41) is 0. The van der Waals surface area contributed by atoms with Crippen molar-refractivity contribution in [2.45, 2.75) is 25.0 Å². The zero-order valence-corrected chi connectivity index (χ0v) is 11.5. The molecule has 16 heavy (non-hydrogen) atoms. The van der Waals surface area contributed by atoms with Crippen LogP contribution in [0.25, 0.3) is 0 Å². The Hall–Kier alpha value is -0.180. The van der Waals surface area contributed by atoms with Crippen LogP contribution in [-0.2, 0) is 19.9 Å². The van der Waals surface area contributed by atoms with Crippen molar-refractivity contribution < 1.29 is 16.8 Å². The van der Waals surface area contributed by atoms with Crippen LogP contribution >= 0.6 is 0 Å². The summed E-state index contributed by atoms with van der Waals surface area (Å²) in [4.78, 5) is 0. The number of nitrogens with one attached hydrogen (secondary N) is 1. The van der Waals surface area contributed by atoms with Gasteiger partial charge in [-0.15, -0.1) is 0 Å². The van der Waals surface area contributed by atoms with Crippen LogP contribution in [0.1, 0.15) is 20.3 Å². The van der Waals surface area contributed by atoms with Gasteiger partial charge in [0.2, 0.25) is 10.0 Å². The molecule has 3 N–H and O–H groups in total. The van der Waals surface area contributed by atoms with Gasteiger partial charge >= 0.3 is 0 Å². The molecule has 0 atom stereocenters. The second kappa shape index (κ2) is 5.44. The Morgan fingerprint density at radius 1 is 1.19 bits per heavy atom. The van der Waals surface area contributed by atoms with Crippen molar-refractivity contribution in [3.63, 3.8) is 0 Å². The quantitative estimate of drug-likeness (QED) is 0.623. The van der Waals surface area contributed by atoms with E-state index in [1.807, 2.05) is 0 Å². The summed E-state index contributed by atoms with van der Waals surface area (Å²) in [6.45, 7) is 3.12. The van der Waals surface area contributed by atoms with Crippen molar-refractivity contribution in [2.24, 2.45) is 5.73 Å². The molecule has 0 aromatic heterocycles. The van der Waals surface area contributed by atoms with E-state index in [-0.39, 0.29) is 18.8 Å². The fraction of sp³-hybridized carbons (Fsp3) is 1.00. The highest BCUT2D eigenvalue weighted by atomic mass is 32.2. The molecule has 0 saturated heterocycles. The highest BCUT2D eigenvalue weighted by Crippen LogP contribution is 2.13. The highest BCUT2D eigenvalue weighted by molar-refractivity contribution is 7.92. The van der Waals surface area contributed by atoms with E-state index in [1.54, 1.807) is 0 Å². The SMILES string of the molecule is CC(C)(CNS(=O)(=O)CCCN)S(C)(=O)=O. The number of nitrogens with two attached hydrogens (primary N) is 1. The first-order valence-corrected chi connectivity index (χ1v) is 8.43. The van der Waals surface area contributed by atoms with Gasteiger partial charge in [-0.25, -0.2) is 21.6 Å². The predicted molar refractivity (Wildman–Crippen MR) is 64.4 cm³/mol. The van der Waals surface area contributed by atoms with Gasteiger partial charge in [-0.2, -0.15) is 0 Å². The van der Waals surface area contributed by atoms with Crippen molar-refractivity contribution in [3.8, 4) is 0 Å². The van der Waals surface area contributed by atoms with Crippen LogP contribution in [0.4, 0.5) is 0 Å². The lowest BCUT2D eigenvalue weighted by Crippen LogP contribution is -2.44. The third-order valence-electron chi connectivity index (χ3n) is 2.34. The molecule has 0 saturated carbocycles. The van der Waals surface area contributed by atoms with E-state index in [1.165, 1.54) is 13.8 Å². The minimum atomic E-state index is -3.43. The lowest BCUT2D eigenvalue weighted by atomic mass is 10.2. The minimum Gasteiger partial charge on any atom is -0.330 e. The summed E-state index contributed by atoms with van der Waals surface area (Å²) in [7, 11) is -6.73. The number of hydrogen-bond acceptors (Lipinski definition) is 5. The molecule has 0 amide bonds. The van der Waals surface area contributed by atoms with E-state index in [0.717, 1.165) is 6.26 Å². The fourth-order valence-electron chi connectivity index (χ4n) is 0.760. The lowest BCUT2D eigenvalue weighted by molar-refractivity contribution is 0.536. The third kappa shape index (κ3) is 5.24. The highest BCUT2D eigenvalue weighted by Gasteiger charge is 2.31. The topological polar surface area (TPSA) is 106 Å². The first-order chi connectivity index (χ1) is 7.02. The Bertz CT molecular complexity index is 411. The molecular weight excluding hydrogens is 252 g/mol. The third-order valence-corrected chi connectivity index (χ3v) is 5.90. The van der Waals surface area contributed by atoms with Crippen molar-refractivity contribution in [3.05, 3.63) is 0 Å². The van der Waals surface area contributed by atoms with E-state index >= 15 is 0 Å². The average molecular weight is 272 g/mol. The molecular formula is C8H20N2O4S2. The van der Waals surface area contributed by atoms with Crippen molar-refractivity contribution in [1.29, 1.82) is 0 Å². The Balaban J connectivity index is 4.47. The predicted octanol–water partition coefficient (Wildman–Crippen LogP) is -0.922. The molecule has 0 fully saturated rings. The molecule has 0 aromatic rings. The van der Waals surface area contributed by atoms with Gasteiger partial charge in [0.25, 0.3) is 0 Å². The molecule has 0 radical (unpaired) electrons. The molecule has 0 spiro atoms. The number of hydrogen-bond donors (Lipinski definition) is 2. The Kier molecular flexibility index (Phi) is 5.37. The van der Waals surface area contributed by atoms with Gasteiger partial charge < -0.3 is 5.73 Å². The molecule has 0 bridgehead atoms. The smallest absolute Gasteiger partial charge is 0.211 e. The molecule has 0 aromatic carbocycles. The van der Waals surface area contributed by atoms with Crippen LogP contribution in [0.15, 0.2) is 0 Å². The van der Waals surface area contributed by atoms with Gasteiger partial charge in [0.1, 0.15) is 0 Å². The Morgan fingerprint density at radius 2 is 1.69 bits per heavy atom. The lowest BCUT2D eigenvalue weighted by Gasteiger charge is -2.22. The normalized spacial score (nSPS) is 14.0. The van der Waals surface area contributed by atoms with Crippen LogP contribution in [0.5, 0.6) is 0 Å². The van der Waals surface area contributed by atoms with Gasteiger partial charge in [-0.05, 0) is 26.8 Å². The Morgan fingerprint density at radius 3 is 2.06 bits per heavy atom. The maximum absolute atomic E-state index is 11.4. The van der Waals surface area contributed by atoms with E-state index < -0.39 is 24.6 Å². The summed E-state index contributed by atoms with van der Waals surface area (Å²) in [6, 6.07) is 0. The summed E-state index contributed by atoms with van der Waals surface area (Å²) in [5.41, 5.74) is 5.20. The van der Waals surface area contributed by atoms with Crippen LogP contribution in [0, 0.1) is 0 Å².